The standard InChI is InChI=1S/C17H14O3Se/c18-15-11-10-13(12-16(15)19)6-4-5-9-17(20)21-14-7-2-1-3-8-14/h1-12,18-19H/b6-4+,9-5+. The summed E-state index contributed by atoms with van der Waals surface area (Å²) in [6.45, 7) is 0. The van der Waals surface area contributed by atoms with Gasteiger partial charge in [-0.2, -0.15) is 0 Å². The van der Waals surface area contributed by atoms with Crippen molar-refractivity contribution in [1.29, 1.82) is 0 Å². The van der Waals surface area contributed by atoms with E-state index < -0.39 is 0 Å². The summed E-state index contributed by atoms with van der Waals surface area (Å²) in [6, 6.07) is 14.2. The number of carbonyl (C=O) groups excluding carboxylic acids is 1. The van der Waals surface area contributed by atoms with E-state index in [1.165, 1.54) is 12.1 Å². The van der Waals surface area contributed by atoms with Gasteiger partial charge in [-0.05, 0) is 0 Å². The quantitative estimate of drug-likeness (QED) is 0.378. The molecular formula is C17H14O3Se. The number of allylic oxidation sites excluding steroid dienone is 3. The first-order valence-electron chi connectivity index (χ1n) is 6.29. The monoisotopic (exact) mass is 346 g/mol. The molecule has 0 radical (unpaired) electrons. The maximum atomic E-state index is 11.8. The zero-order valence-electron chi connectivity index (χ0n) is 11.1. The van der Waals surface area contributed by atoms with Crippen molar-refractivity contribution in [3.05, 3.63) is 72.3 Å². The fourth-order valence-corrected chi connectivity index (χ4v) is 2.99. The number of aromatic hydroxyl groups is 2. The summed E-state index contributed by atoms with van der Waals surface area (Å²) in [6.07, 6.45) is 6.70. The minimum atomic E-state index is -0.206. The molecule has 4 heteroatoms. The first-order chi connectivity index (χ1) is 10.1. The molecule has 0 saturated carbocycles. The predicted molar refractivity (Wildman–Crippen MR) is 84.8 cm³/mol. The van der Waals surface area contributed by atoms with Crippen molar-refractivity contribution in [2.75, 3.05) is 0 Å². The molecule has 0 heterocycles. The number of carbonyl (C=O) groups is 1. The molecule has 2 aromatic rings. The third-order valence-electron chi connectivity index (χ3n) is 2.59. The van der Waals surface area contributed by atoms with Gasteiger partial charge in [0.15, 0.2) is 0 Å². The van der Waals surface area contributed by atoms with Crippen LogP contribution in [0.2, 0.25) is 0 Å². The molecule has 0 aliphatic heterocycles. The Balaban J connectivity index is 1.91. The fraction of sp³-hybridized carbons (Fsp3) is 0. The second kappa shape index (κ2) is 7.48. The number of phenols is 2. The minimum absolute atomic E-state index is 0.0897. The second-order valence-corrected chi connectivity index (χ2v) is 6.46. The van der Waals surface area contributed by atoms with E-state index >= 15 is 0 Å². The van der Waals surface area contributed by atoms with Crippen molar-refractivity contribution >= 4 is 30.2 Å². The summed E-state index contributed by atoms with van der Waals surface area (Å²) in [7, 11) is 0. The van der Waals surface area contributed by atoms with E-state index in [-0.39, 0.29) is 31.1 Å². The first kappa shape index (κ1) is 15.1. The molecule has 106 valence electrons. The topological polar surface area (TPSA) is 57.5 Å². The van der Waals surface area contributed by atoms with Crippen LogP contribution < -0.4 is 4.46 Å². The van der Waals surface area contributed by atoms with Crippen LogP contribution >= 0.6 is 0 Å². The summed E-state index contributed by atoms with van der Waals surface area (Å²) < 4.78 is 1.14. The molecule has 2 N–H and O–H groups in total. The Morgan fingerprint density at radius 3 is 2.43 bits per heavy atom. The van der Waals surface area contributed by atoms with Gasteiger partial charge in [-0.25, -0.2) is 0 Å². The second-order valence-electron chi connectivity index (χ2n) is 4.20. The van der Waals surface area contributed by atoms with Gasteiger partial charge in [0.25, 0.3) is 0 Å². The van der Waals surface area contributed by atoms with E-state index in [4.69, 9.17) is 0 Å². The van der Waals surface area contributed by atoms with E-state index in [2.05, 4.69) is 0 Å². The predicted octanol–water partition coefficient (Wildman–Crippen LogP) is 2.22. The molecule has 0 atom stereocenters. The molecule has 0 amide bonds. The van der Waals surface area contributed by atoms with Gasteiger partial charge >= 0.3 is 129 Å². The van der Waals surface area contributed by atoms with E-state index in [9.17, 15) is 15.0 Å². The molecule has 21 heavy (non-hydrogen) atoms. The van der Waals surface area contributed by atoms with Crippen molar-refractivity contribution in [2.45, 2.75) is 0 Å². The normalized spacial score (nSPS) is 11.2. The molecule has 0 bridgehead atoms. The summed E-state index contributed by atoms with van der Waals surface area (Å²) in [4.78, 5) is 11.8. The molecule has 0 unspecified atom stereocenters. The fourth-order valence-electron chi connectivity index (χ4n) is 1.58. The molecule has 0 aliphatic rings. The third-order valence-corrected chi connectivity index (χ3v) is 4.37. The molecule has 0 saturated heterocycles. The van der Waals surface area contributed by atoms with Crippen LogP contribution in [0.25, 0.3) is 6.08 Å². The van der Waals surface area contributed by atoms with E-state index in [0.717, 1.165) is 10.0 Å². The molecule has 0 fully saturated rings. The van der Waals surface area contributed by atoms with E-state index in [1.807, 2.05) is 30.3 Å². The van der Waals surface area contributed by atoms with Gasteiger partial charge < -0.3 is 0 Å². The molecule has 2 aromatic carbocycles. The van der Waals surface area contributed by atoms with Gasteiger partial charge in [0.1, 0.15) is 0 Å². The number of hydrogen-bond acceptors (Lipinski definition) is 3. The Labute approximate surface area is 129 Å². The Morgan fingerprint density at radius 2 is 1.71 bits per heavy atom. The van der Waals surface area contributed by atoms with Gasteiger partial charge in [0, 0.05) is 0 Å². The van der Waals surface area contributed by atoms with E-state index in [1.54, 1.807) is 30.4 Å². The average molecular weight is 345 g/mol. The molecule has 2 rings (SSSR count). The molecule has 0 aromatic heterocycles. The average Bonchev–Trinajstić information content (AvgIpc) is 2.48. The number of rotatable bonds is 5. The van der Waals surface area contributed by atoms with Crippen LogP contribution in [-0.4, -0.2) is 29.9 Å². The summed E-state index contributed by atoms with van der Waals surface area (Å²) in [5, 5.41) is 18.6. The van der Waals surface area contributed by atoms with Gasteiger partial charge in [0.2, 0.25) is 0 Å². The van der Waals surface area contributed by atoms with Crippen molar-refractivity contribution in [3.63, 3.8) is 0 Å². The van der Waals surface area contributed by atoms with Crippen LogP contribution in [0.5, 0.6) is 11.5 Å². The molecule has 0 spiro atoms. The van der Waals surface area contributed by atoms with Crippen molar-refractivity contribution in [3.8, 4) is 11.5 Å². The van der Waals surface area contributed by atoms with Crippen molar-refractivity contribution in [2.24, 2.45) is 0 Å². The van der Waals surface area contributed by atoms with Crippen LogP contribution in [0, 0.1) is 0 Å². The zero-order valence-corrected chi connectivity index (χ0v) is 12.9. The van der Waals surface area contributed by atoms with Crippen molar-refractivity contribution in [1.82, 2.24) is 0 Å². The Bertz CT molecular complexity index is 676. The van der Waals surface area contributed by atoms with Crippen LogP contribution in [0.15, 0.2) is 66.8 Å². The summed E-state index contributed by atoms with van der Waals surface area (Å²) in [5.74, 6) is -0.312. The van der Waals surface area contributed by atoms with Crippen LogP contribution in [0.4, 0.5) is 0 Å². The van der Waals surface area contributed by atoms with Crippen LogP contribution in [0.1, 0.15) is 5.56 Å². The number of phenolic OH excluding ortho intramolecular Hbond substituents is 2. The van der Waals surface area contributed by atoms with Crippen LogP contribution in [0.3, 0.4) is 0 Å². The van der Waals surface area contributed by atoms with Gasteiger partial charge in [-0.15, -0.1) is 0 Å². The molecular weight excluding hydrogens is 331 g/mol. The SMILES string of the molecule is O=C(/C=C/C=C/c1ccc(O)c(O)c1)[Se]c1ccccc1. The van der Waals surface area contributed by atoms with E-state index in [0.29, 0.717) is 0 Å². The van der Waals surface area contributed by atoms with Gasteiger partial charge in [-0.3, -0.25) is 0 Å². The van der Waals surface area contributed by atoms with Gasteiger partial charge in [0.05, 0.1) is 0 Å². The number of benzene rings is 2. The third kappa shape index (κ3) is 4.95. The van der Waals surface area contributed by atoms with Crippen molar-refractivity contribution < 1.29 is 15.0 Å². The van der Waals surface area contributed by atoms with Crippen LogP contribution in [-0.2, 0) is 4.79 Å². The van der Waals surface area contributed by atoms with Gasteiger partial charge in [-0.1, -0.05) is 0 Å². The summed E-state index contributed by atoms with van der Waals surface area (Å²) in [5.41, 5.74) is 0.746. The molecule has 3 nitrogen and oxygen atoms in total. The Kier molecular flexibility index (Phi) is 5.38. The molecule has 0 aliphatic carbocycles. The Morgan fingerprint density at radius 1 is 0.952 bits per heavy atom. The number of hydrogen-bond donors (Lipinski definition) is 2. The zero-order chi connectivity index (χ0) is 15.1. The maximum absolute atomic E-state index is 11.8. The first-order valence-corrected chi connectivity index (χ1v) is 8.00. The Hall–Kier alpha value is -2.29. The summed E-state index contributed by atoms with van der Waals surface area (Å²) >= 11 is -0.206.